The summed E-state index contributed by atoms with van der Waals surface area (Å²) in [6, 6.07) is 8.43. The van der Waals surface area contributed by atoms with Crippen LogP contribution in [0.25, 0.3) is 0 Å². The Hall–Kier alpha value is -1.74. The lowest BCUT2D eigenvalue weighted by molar-refractivity contribution is 0.0992. The summed E-state index contributed by atoms with van der Waals surface area (Å²) in [6.07, 6.45) is 0.0275. The number of carbonyl (C=O) groups excluding carboxylic acids is 1. The fraction of sp³-hybridized carbons (Fsp3) is 0.133. The quantitative estimate of drug-likeness (QED) is 0.764. The molecule has 0 radical (unpaired) electrons. The third kappa shape index (κ3) is 3.18. The molecule has 0 amide bonds. The van der Waals surface area contributed by atoms with E-state index in [1.54, 1.807) is 25.1 Å². The first kappa shape index (κ1) is 13.7. The van der Waals surface area contributed by atoms with Crippen LogP contribution in [0.3, 0.4) is 0 Å². The van der Waals surface area contributed by atoms with Crippen molar-refractivity contribution in [1.29, 1.82) is 0 Å². The van der Waals surface area contributed by atoms with Crippen LogP contribution in [-0.2, 0) is 6.42 Å². The summed E-state index contributed by atoms with van der Waals surface area (Å²) in [7, 11) is 0. The molecule has 4 heteroatoms. The summed E-state index contributed by atoms with van der Waals surface area (Å²) >= 11 is 5.82. The van der Waals surface area contributed by atoms with Crippen molar-refractivity contribution in [3.05, 3.63) is 69.7 Å². The highest BCUT2D eigenvalue weighted by atomic mass is 35.5. The van der Waals surface area contributed by atoms with E-state index in [2.05, 4.69) is 0 Å². The highest BCUT2D eigenvalue weighted by Crippen LogP contribution is 2.18. The number of hydrogen-bond donors (Lipinski definition) is 0. The van der Waals surface area contributed by atoms with Gasteiger partial charge in [-0.2, -0.15) is 0 Å². The number of hydrogen-bond acceptors (Lipinski definition) is 1. The molecule has 0 unspecified atom stereocenters. The Labute approximate surface area is 114 Å². The van der Waals surface area contributed by atoms with E-state index in [9.17, 15) is 13.6 Å². The van der Waals surface area contributed by atoms with Crippen molar-refractivity contribution < 1.29 is 13.6 Å². The van der Waals surface area contributed by atoms with Gasteiger partial charge in [0, 0.05) is 17.0 Å². The maximum absolute atomic E-state index is 13.1. The second-order valence-electron chi connectivity index (χ2n) is 4.31. The molecule has 2 aromatic carbocycles. The van der Waals surface area contributed by atoms with Gasteiger partial charge in [0.25, 0.3) is 0 Å². The lowest BCUT2D eigenvalue weighted by Crippen LogP contribution is -2.06. The van der Waals surface area contributed by atoms with Crippen LogP contribution in [0.5, 0.6) is 0 Å². The smallest absolute Gasteiger partial charge is 0.167 e. The van der Waals surface area contributed by atoms with Crippen molar-refractivity contribution in [2.24, 2.45) is 0 Å². The first-order valence-corrected chi connectivity index (χ1v) is 6.08. The van der Waals surface area contributed by atoms with Gasteiger partial charge in [0.05, 0.1) is 0 Å². The van der Waals surface area contributed by atoms with Crippen molar-refractivity contribution >= 4 is 17.4 Å². The van der Waals surface area contributed by atoms with Gasteiger partial charge in [0.1, 0.15) is 0 Å². The van der Waals surface area contributed by atoms with Gasteiger partial charge in [-0.1, -0.05) is 17.7 Å². The van der Waals surface area contributed by atoms with Gasteiger partial charge >= 0.3 is 0 Å². The van der Waals surface area contributed by atoms with E-state index < -0.39 is 11.6 Å². The highest BCUT2D eigenvalue weighted by Gasteiger charge is 2.11. The molecule has 2 aromatic rings. The average Bonchev–Trinajstić information content (AvgIpc) is 2.33. The van der Waals surface area contributed by atoms with Gasteiger partial charge < -0.3 is 0 Å². The van der Waals surface area contributed by atoms with E-state index in [0.29, 0.717) is 16.1 Å². The zero-order valence-corrected chi connectivity index (χ0v) is 11.0. The Balaban J connectivity index is 2.23. The summed E-state index contributed by atoms with van der Waals surface area (Å²) in [4.78, 5) is 12.1. The molecule has 0 aliphatic carbocycles. The molecule has 0 aliphatic rings. The van der Waals surface area contributed by atoms with Crippen LogP contribution in [0.2, 0.25) is 5.02 Å². The van der Waals surface area contributed by atoms with Crippen molar-refractivity contribution in [2.75, 3.05) is 0 Å². The predicted octanol–water partition coefficient (Wildman–Crippen LogP) is 4.35. The molecule has 0 spiro atoms. The molecule has 0 heterocycles. The van der Waals surface area contributed by atoms with Crippen LogP contribution in [0.4, 0.5) is 8.78 Å². The van der Waals surface area contributed by atoms with E-state index >= 15 is 0 Å². The normalized spacial score (nSPS) is 10.5. The molecule has 0 aromatic heterocycles. The Bertz CT molecular complexity index is 638. The summed E-state index contributed by atoms with van der Waals surface area (Å²) < 4.78 is 25.9. The second-order valence-corrected chi connectivity index (χ2v) is 4.74. The number of rotatable bonds is 3. The van der Waals surface area contributed by atoms with Gasteiger partial charge in [-0.3, -0.25) is 4.79 Å². The van der Waals surface area contributed by atoms with E-state index in [-0.39, 0.29) is 12.2 Å². The Morgan fingerprint density at radius 1 is 1.11 bits per heavy atom. The zero-order chi connectivity index (χ0) is 14.0. The van der Waals surface area contributed by atoms with Crippen LogP contribution in [0, 0.1) is 18.6 Å². The molecule has 19 heavy (non-hydrogen) atoms. The van der Waals surface area contributed by atoms with Crippen LogP contribution >= 0.6 is 11.6 Å². The SMILES string of the molecule is Cc1cc(Cl)ccc1C(=O)Cc1ccc(F)c(F)c1. The summed E-state index contributed by atoms with van der Waals surface area (Å²) in [6.45, 7) is 1.78. The Morgan fingerprint density at radius 3 is 2.47 bits per heavy atom. The number of Topliss-reactive ketones (excluding diaryl/α,β-unsaturated/α-hetero) is 1. The molecule has 1 nitrogen and oxygen atoms in total. The van der Waals surface area contributed by atoms with Crippen molar-refractivity contribution in [3.8, 4) is 0 Å². The maximum Gasteiger partial charge on any atom is 0.167 e. The molecule has 0 bridgehead atoms. The van der Waals surface area contributed by atoms with E-state index in [1.807, 2.05) is 0 Å². The van der Waals surface area contributed by atoms with Crippen molar-refractivity contribution in [3.63, 3.8) is 0 Å². The summed E-state index contributed by atoms with van der Waals surface area (Å²) in [5, 5.41) is 0.557. The zero-order valence-electron chi connectivity index (χ0n) is 10.2. The van der Waals surface area contributed by atoms with Gasteiger partial charge in [-0.25, -0.2) is 8.78 Å². The second kappa shape index (κ2) is 5.49. The minimum Gasteiger partial charge on any atom is -0.294 e. The van der Waals surface area contributed by atoms with Crippen LogP contribution in [-0.4, -0.2) is 5.78 Å². The third-order valence-corrected chi connectivity index (χ3v) is 3.07. The van der Waals surface area contributed by atoms with Gasteiger partial charge in [-0.05, 0) is 48.4 Å². The first-order chi connectivity index (χ1) is 8.97. The number of ketones is 1. The van der Waals surface area contributed by atoms with Crippen LogP contribution in [0.1, 0.15) is 21.5 Å². The molecule has 0 saturated carbocycles. The average molecular weight is 281 g/mol. The minimum absolute atomic E-state index is 0.0275. The summed E-state index contributed by atoms with van der Waals surface area (Å²) in [5.74, 6) is -2.02. The highest BCUT2D eigenvalue weighted by molar-refractivity contribution is 6.30. The molecule has 98 valence electrons. The minimum atomic E-state index is -0.946. The maximum atomic E-state index is 13.1. The topological polar surface area (TPSA) is 17.1 Å². The van der Waals surface area contributed by atoms with Gasteiger partial charge in [0.2, 0.25) is 0 Å². The Morgan fingerprint density at radius 2 is 1.84 bits per heavy atom. The van der Waals surface area contributed by atoms with E-state index in [0.717, 1.165) is 17.7 Å². The van der Waals surface area contributed by atoms with Crippen LogP contribution < -0.4 is 0 Å². The van der Waals surface area contributed by atoms with Crippen molar-refractivity contribution in [1.82, 2.24) is 0 Å². The predicted molar refractivity (Wildman–Crippen MR) is 70.6 cm³/mol. The molecule has 0 atom stereocenters. The largest absolute Gasteiger partial charge is 0.294 e. The number of aryl methyl sites for hydroxylation is 1. The molecular weight excluding hydrogens is 270 g/mol. The van der Waals surface area contributed by atoms with Crippen molar-refractivity contribution in [2.45, 2.75) is 13.3 Å². The molecule has 0 fully saturated rings. The standard InChI is InChI=1S/C15H11ClF2O/c1-9-6-11(16)3-4-12(9)15(19)8-10-2-5-13(17)14(18)7-10/h2-7H,8H2,1H3. The lowest BCUT2D eigenvalue weighted by atomic mass is 9.99. The summed E-state index contributed by atoms with van der Waals surface area (Å²) in [5.41, 5.74) is 1.74. The Kier molecular flexibility index (Phi) is 3.96. The fourth-order valence-electron chi connectivity index (χ4n) is 1.87. The lowest BCUT2D eigenvalue weighted by Gasteiger charge is -2.06. The van der Waals surface area contributed by atoms with Crippen LogP contribution in [0.15, 0.2) is 36.4 Å². The number of benzene rings is 2. The number of carbonyl (C=O) groups is 1. The molecule has 2 rings (SSSR count). The molecule has 0 aliphatic heterocycles. The molecule has 0 saturated heterocycles. The van der Waals surface area contributed by atoms with Gasteiger partial charge in [0.15, 0.2) is 17.4 Å². The fourth-order valence-corrected chi connectivity index (χ4v) is 2.10. The van der Waals surface area contributed by atoms with E-state index in [1.165, 1.54) is 6.07 Å². The monoisotopic (exact) mass is 280 g/mol. The van der Waals surface area contributed by atoms with Gasteiger partial charge in [-0.15, -0.1) is 0 Å². The van der Waals surface area contributed by atoms with E-state index in [4.69, 9.17) is 11.6 Å². The third-order valence-electron chi connectivity index (χ3n) is 2.84. The first-order valence-electron chi connectivity index (χ1n) is 5.70. The molecular formula is C15H11ClF2O. The molecule has 0 N–H and O–H groups in total. The number of halogens is 3.